The number of carbonyl (C=O) groups is 3. The lowest BCUT2D eigenvalue weighted by Gasteiger charge is -2.19. The number of alkyl carbamates (subject to hydrolysis) is 1. The van der Waals surface area contributed by atoms with Gasteiger partial charge in [0.25, 0.3) is 0 Å². The van der Waals surface area contributed by atoms with Crippen LogP contribution in [0.15, 0.2) is 60.9 Å². The van der Waals surface area contributed by atoms with Gasteiger partial charge in [0.05, 0.1) is 11.9 Å². The van der Waals surface area contributed by atoms with Gasteiger partial charge in [-0.15, -0.1) is 0 Å². The Morgan fingerprint density at radius 1 is 1.06 bits per heavy atom. The Hall–Kier alpha value is -4.14. The maximum atomic E-state index is 12.8. The first kappa shape index (κ1) is 21.7. The summed E-state index contributed by atoms with van der Waals surface area (Å²) in [7, 11) is 0. The third-order valence-electron chi connectivity index (χ3n) is 6.19. The molecule has 2 aliphatic rings. The van der Waals surface area contributed by atoms with Crippen LogP contribution in [-0.4, -0.2) is 45.5 Å². The zero-order valence-electron chi connectivity index (χ0n) is 18.3. The highest BCUT2D eigenvalue weighted by atomic mass is 16.5. The molecule has 2 amide bonds. The van der Waals surface area contributed by atoms with E-state index in [1.807, 2.05) is 36.4 Å². The lowest BCUT2D eigenvalue weighted by atomic mass is 9.98. The lowest BCUT2D eigenvalue weighted by molar-refractivity contribution is -0.137. The number of carboxylic acid groups (broad SMARTS) is 1. The van der Waals surface area contributed by atoms with E-state index in [2.05, 4.69) is 27.9 Å². The molecule has 2 aromatic carbocycles. The van der Waals surface area contributed by atoms with E-state index in [1.54, 1.807) is 0 Å². The molecule has 34 heavy (non-hydrogen) atoms. The number of amides is 2. The van der Waals surface area contributed by atoms with Crippen LogP contribution in [0, 0.1) is 5.92 Å². The van der Waals surface area contributed by atoms with Crippen LogP contribution >= 0.6 is 0 Å². The van der Waals surface area contributed by atoms with E-state index < -0.39 is 18.1 Å². The van der Waals surface area contributed by atoms with E-state index in [1.165, 1.54) is 17.1 Å². The first-order valence-corrected chi connectivity index (χ1v) is 11.2. The molecule has 0 radical (unpaired) electrons. The Labute approximate surface area is 195 Å². The first-order valence-electron chi connectivity index (χ1n) is 11.2. The van der Waals surface area contributed by atoms with Crippen molar-refractivity contribution in [3.63, 3.8) is 0 Å². The van der Waals surface area contributed by atoms with Crippen molar-refractivity contribution in [2.45, 2.75) is 31.3 Å². The molecule has 1 fully saturated rings. The van der Waals surface area contributed by atoms with Crippen molar-refractivity contribution in [1.29, 1.82) is 0 Å². The van der Waals surface area contributed by atoms with Gasteiger partial charge in [0, 0.05) is 12.1 Å². The van der Waals surface area contributed by atoms with E-state index >= 15 is 0 Å². The summed E-state index contributed by atoms with van der Waals surface area (Å²) in [5, 5.41) is 18.2. The number of hydrogen-bond donors (Lipinski definition) is 3. The Bertz CT molecular complexity index is 1200. The van der Waals surface area contributed by atoms with Crippen LogP contribution in [0.4, 0.5) is 10.5 Å². The van der Waals surface area contributed by atoms with Gasteiger partial charge in [-0.1, -0.05) is 48.5 Å². The highest BCUT2D eigenvalue weighted by molar-refractivity contribution is 5.96. The van der Waals surface area contributed by atoms with Crippen molar-refractivity contribution in [3.05, 3.63) is 72.1 Å². The standard InChI is InChI=1S/C25H24N4O5/c30-22(31)13-29-12-16(11-26-29)27-24(32)23(15-9-10-15)28-25(33)34-14-21-19-7-3-1-5-17(19)18-6-2-4-8-20(18)21/h1-8,11-12,15,21,23H,9-10,13-14H2,(H,27,32)(H,28,33)(H,30,31). The molecular weight excluding hydrogens is 436 g/mol. The molecule has 2 aliphatic carbocycles. The van der Waals surface area contributed by atoms with Gasteiger partial charge in [0.1, 0.15) is 19.2 Å². The first-order chi connectivity index (χ1) is 16.5. The monoisotopic (exact) mass is 460 g/mol. The fourth-order valence-corrected chi connectivity index (χ4v) is 4.47. The number of ether oxygens (including phenoxy) is 1. The van der Waals surface area contributed by atoms with Gasteiger partial charge in [-0.25, -0.2) is 4.79 Å². The number of aliphatic carboxylic acids is 1. The van der Waals surface area contributed by atoms with Crippen molar-refractivity contribution in [1.82, 2.24) is 15.1 Å². The quantitative estimate of drug-likeness (QED) is 0.474. The molecule has 1 saturated carbocycles. The summed E-state index contributed by atoms with van der Waals surface area (Å²) in [6.07, 6.45) is 3.83. The van der Waals surface area contributed by atoms with Crippen LogP contribution in [0.3, 0.4) is 0 Å². The molecule has 3 aromatic rings. The molecule has 5 rings (SSSR count). The van der Waals surface area contributed by atoms with Gasteiger partial charge in [-0.05, 0) is 41.0 Å². The Kier molecular flexibility index (Phi) is 5.75. The summed E-state index contributed by atoms with van der Waals surface area (Å²) in [4.78, 5) is 36.3. The second kappa shape index (κ2) is 9.01. The molecule has 0 aliphatic heterocycles. The van der Waals surface area contributed by atoms with Crippen LogP contribution in [-0.2, 0) is 20.9 Å². The number of rotatable bonds is 8. The zero-order valence-corrected chi connectivity index (χ0v) is 18.3. The molecule has 174 valence electrons. The number of nitrogens with zero attached hydrogens (tertiary/aromatic N) is 2. The van der Waals surface area contributed by atoms with E-state index in [4.69, 9.17) is 9.84 Å². The number of fused-ring (bicyclic) bond motifs is 3. The van der Waals surface area contributed by atoms with Gasteiger partial charge >= 0.3 is 12.1 Å². The summed E-state index contributed by atoms with van der Waals surface area (Å²) in [5.41, 5.74) is 4.89. The van der Waals surface area contributed by atoms with Gasteiger partial charge in [-0.2, -0.15) is 5.10 Å². The third-order valence-corrected chi connectivity index (χ3v) is 6.19. The normalized spacial score (nSPS) is 15.2. The topological polar surface area (TPSA) is 123 Å². The Morgan fingerprint density at radius 3 is 2.32 bits per heavy atom. The second-order valence-corrected chi connectivity index (χ2v) is 8.59. The number of hydrogen-bond acceptors (Lipinski definition) is 5. The highest BCUT2D eigenvalue weighted by Gasteiger charge is 2.38. The minimum Gasteiger partial charge on any atom is -0.480 e. The largest absolute Gasteiger partial charge is 0.480 e. The molecule has 0 spiro atoms. The SMILES string of the molecule is O=C(O)Cn1cc(NC(=O)C(NC(=O)OCC2c3ccccc3-c3ccccc32)C2CC2)cn1. The number of benzene rings is 2. The third kappa shape index (κ3) is 4.50. The second-order valence-electron chi connectivity index (χ2n) is 8.59. The van der Waals surface area contributed by atoms with Crippen molar-refractivity contribution in [2.75, 3.05) is 11.9 Å². The maximum absolute atomic E-state index is 12.8. The summed E-state index contributed by atoms with van der Waals surface area (Å²) < 4.78 is 6.80. The number of anilines is 1. The van der Waals surface area contributed by atoms with Crippen molar-refractivity contribution in [2.24, 2.45) is 5.92 Å². The molecule has 1 unspecified atom stereocenters. The van der Waals surface area contributed by atoms with Crippen LogP contribution < -0.4 is 10.6 Å². The smallest absolute Gasteiger partial charge is 0.407 e. The maximum Gasteiger partial charge on any atom is 0.407 e. The fraction of sp³-hybridized carbons (Fsp3) is 0.280. The summed E-state index contributed by atoms with van der Waals surface area (Å²) in [5.74, 6) is -1.44. The molecule has 3 N–H and O–H groups in total. The molecule has 0 saturated heterocycles. The van der Waals surface area contributed by atoms with E-state index in [9.17, 15) is 14.4 Å². The minimum atomic E-state index is -1.03. The van der Waals surface area contributed by atoms with Gasteiger partial charge < -0.3 is 20.5 Å². The summed E-state index contributed by atoms with van der Waals surface area (Å²) in [6, 6.07) is 15.4. The molecule has 1 atom stereocenters. The minimum absolute atomic E-state index is 0.0366. The summed E-state index contributed by atoms with van der Waals surface area (Å²) in [6.45, 7) is -0.138. The molecule has 1 heterocycles. The lowest BCUT2D eigenvalue weighted by Crippen LogP contribution is -2.45. The Morgan fingerprint density at radius 2 is 1.71 bits per heavy atom. The predicted molar refractivity (Wildman–Crippen MR) is 123 cm³/mol. The van der Waals surface area contributed by atoms with Crippen LogP contribution in [0.5, 0.6) is 0 Å². The van der Waals surface area contributed by atoms with Gasteiger partial charge in [0.2, 0.25) is 5.91 Å². The van der Waals surface area contributed by atoms with Crippen LogP contribution in [0.1, 0.15) is 29.9 Å². The Balaban J connectivity index is 1.21. The molecule has 1 aromatic heterocycles. The fourth-order valence-electron chi connectivity index (χ4n) is 4.47. The van der Waals surface area contributed by atoms with E-state index in [0.717, 1.165) is 35.1 Å². The molecule has 9 nitrogen and oxygen atoms in total. The summed E-state index contributed by atoms with van der Waals surface area (Å²) >= 11 is 0. The zero-order chi connectivity index (χ0) is 23.7. The molecule has 0 bridgehead atoms. The highest BCUT2D eigenvalue weighted by Crippen LogP contribution is 2.44. The number of carboxylic acids is 1. The van der Waals surface area contributed by atoms with Crippen molar-refractivity contribution >= 4 is 23.7 Å². The van der Waals surface area contributed by atoms with E-state index in [-0.39, 0.29) is 30.9 Å². The predicted octanol–water partition coefficient (Wildman–Crippen LogP) is 3.22. The van der Waals surface area contributed by atoms with Crippen molar-refractivity contribution in [3.8, 4) is 11.1 Å². The van der Waals surface area contributed by atoms with Crippen LogP contribution in [0.2, 0.25) is 0 Å². The number of nitrogens with one attached hydrogen (secondary N) is 2. The van der Waals surface area contributed by atoms with E-state index in [0.29, 0.717) is 5.69 Å². The average Bonchev–Trinajstić information content (AvgIpc) is 3.49. The average molecular weight is 460 g/mol. The number of aromatic nitrogens is 2. The van der Waals surface area contributed by atoms with Crippen LogP contribution in [0.25, 0.3) is 11.1 Å². The van der Waals surface area contributed by atoms with Gasteiger partial charge in [-0.3, -0.25) is 14.3 Å². The van der Waals surface area contributed by atoms with Gasteiger partial charge in [0.15, 0.2) is 0 Å². The molecular formula is C25H24N4O5. The van der Waals surface area contributed by atoms with Crippen molar-refractivity contribution < 1.29 is 24.2 Å². The number of carbonyl (C=O) groups excluding carboxylic acids is 2. The molecule has 9 heteroatoms.